The molecule has 2 rings (SSSR count). The van der Waals surface area contributed by atoms with Gasteiger partial charge in [0.05, 0.1) is 0 Å². The Bertz CT molecular complexity index is 471. The predicted octanol–water partition coefficient (Wildman–Crippen LogP) is 4.17. The molecule has 0 amide bonds. The predicted molar refractivity (Wildman–Crippen MR) is 85.2 cm³/mol. The summed E-state index contributed by atoms with van der Waals surface area (Å²) in [5, 5.41) is 3.58. The molecule has 1 heterocycles. The first-order valence-electron chi connectivity index (χ1n) is 7.69. The zero-order valence-corrected chi connectivity index (χ0v) is 13.8. The Kier molecular flexibility index (Phi) is 4.15. The van der Waals surface area contributed by atoms with Crippen molar-refractivity contribution in [2.75, 3.05) is 6.54 Å². The molecule has 1 unspecified atom stereocenters. The van der Waals surface area contributed by atoms with Crippen molar-refractivity contribution < 1.29 is 4.74 Å². The molecule has 1 aromatic carbocycles. The van der Waals surface area contributed by atoms with Gasteiger partial charge in [-0.2, -0.15) is 0 Å². The Balaban J connectivity index is 1.90. The van der Waals surface area contributed by atoms with Gasteiger partial charge in [-0.1, -0.05) is 39.8 Å². The van der Waals surface area contributed by atoms with E-state index in [4.69, 9.17) is 4.74 Å². The Labute approximate surface area is 123 Å². The second kappa shape index (κ2) is 5.40. The van der Waals surface area contributed by atoms with Crippen LogP contribution >= 0.6 is 0 Å². The fourth-order valence-electron chi connectivity index (χ4n) is 2.51. The standard InChI is InChI=1S/C18H29NO/c1-13(17(2,3)4)11-19-12-14-7-8-16-15(9-14)10-18(5,6)20-16/h7-9,13,19H,10-12H2,1-6H3. The molecule has 1 aliphatic rings. The molecule has 2 nitrogen and oxygen atoms in total. The highest BCUT2D eigenvalue weighted by atomic mass is 16.5. The van der Waals surface area contributed by atoms with E-state index >= 15 is 0 Å². The van der Waals surface area contributed by atoms with Gasteiger partial charge in [0.2, 0.25) is 0 Å². The van der Waals surface area contributed by atoms with Gasteiger partial charge in [-0.3, -0.25) is 0 Å². The number of rotatable bonds is 4. The van der Waals surface area contributed by atoms with E-state index in [9.17, 15) is 0 Å². The number of nitrogens with one attached hydrogen (secondary N) is 1. The molecule has 0 saturated carbocycles. The summed E-state index contributed by atoms with van der Waals surface area (Å²) < 4.78 is 5.92. The monoisotopic (exact) mass is 275 g/mol. The minimum absolute atomic E-state index is 0.0465. The van der Waals surface area contributed by atoms with Crippen LogP contribution in [-0.2, 0) is 13.0 Å². The van der Waals surface area contributed by atoms with E-state index in [1.165, 1.54) is 11.1 Å². The van der Waals surface area contributed by atoms with Crippen molar-refractivity contribution in [1.82, 2.24) is 5.32 Å². The summed E-state index contributed by atoms with van der Waals surface area (Å²) in [5.41, 5.74) is 3.02. The van der Waals surface area contributed by atoms with E-state index in [1.54, 1.807) is 0 Å². The third-order valence-electron chi connectivity index (χ3n) is 4.39. The lowest BCUT2D eigenvalue weighted by atomic mass is 9.82. The van der Waals surface area contributed by atoms with Crippen molar-refractivity contribution in [3.05, 3.63) is 29.3 Å². The quantitative estimate of drug-likeness (QED) is 0.890. The molecule has 20 heavy (non-hydrogen) atoms. The van der Waals surface area contributed by atoms with Crippen molar-refractivity contribution in [1.29, 1.82) is 0 Å². The fraction of sp³-hybridized carbons (Fsp3) is 0.667. The molecular formula is C18H29NO. The Morgan fingerprint density at radius 2 is 2.00 bits per heavy atom. The zero-order chi connectivity index (χ0) is 15.0. The lowest BCUT2D eigenvalue weighted by molar-refractivity contribution is 0.138. The third-order valence-corrected chi connectivity index (χ3v) is 4.39. The summed E-state index contributed by atoms with van der Waals surface area (Å²) in [6.45, 7) is 15.5. The van der Waals surface area contributed by atoms with Gasteiger partial charge in [0.1, 0.15) is 11.4 Å². The molecule has 1 aliphatic heterocycles. The highest BCUT2D eigenvalue weighted by Crippen LogP contribution is 2.35. The Morgan fingerprint density at radius 1 is 1.30 bits per heavy atom. The van der Waals surface area contributed by atoms with Gasteiger partial charge in [-0.25, -0.2) is 0 Å². The summed E-state index contributed by atoms with van der Waals surface area (Å²) in [4.78, 5) is 0. The maximum absolute atomic E-state index is 5.92. The fourth-order valence-corrected chi connectivity index (χ4v) is 2.51. The average Bonchev–Trinajstić information content (AvgIpc) is 2.60. The van der Waals surface area contributed by atoms with Gasteiger partial charge in [0.15, 0.2) is 0 Å². The molecule has 1 aromatic rings. The highest BCUT2D eigenvalue weighted by Gasteiger charge is 2.29. The van der Waals surface area contributed by atoms with Gasteiger partial charge in [0.25, 0.3) is 0 Å². The van der Waals surface area contributed by atoms with Crippen molar-refractivity contribution in [2.24, 2.45) is 11.3 Å². The minimum Gasteiger partial charge on any atom is -0.487 e. The second-order valence-corrected chi connectivity index (χ2v) is 7.88. The van der Waals surface area contributed by atoms with E-state index < -0.39 is 0 Å². The van der Waals surface area contributed by atoms with E-state index in [-0.39, 0.29) is 5.60 Å². The van der Waals surface area contributed by atoms with Crippen LogP contribution in [0, 0.1) is 11.3 Å². The van der Waals surface area contributed by atoms with Crippen molar-refractivity contribution in [3.8, 4) is 5.75 Å². The number of ether oxygens (including phenoxy) is 1. The zero-order valence-electron chi connectivity index (χ0n) is 13.8. The topological polar surface area (TPSA) is 21.3 Å². The minimum atomic E-state index is -0.0465. The van der Waals surface area contributed by atoms with Gasteiger partial charge >= 0.3 is 0 Å². The van der Waals surface area contributed by atoms with Crippen molar-refractivity contribution in [2.45, 2.75) is 60.1 Å². The average molecular weight is 275 g/mol. The Morgan fingerprint density at radius 3 is 2.65 bits per heavy atom. The third kappa shape index (κ3) is 3.76. The molecule has 1 N–H and O–H groups in total. The molecular weight excluding hydrogens is 246 g/mol. The first kappa shape index (κ1) is 15.4. The van der Waals surface area contributed by atoms with Crippen LogP contribution in [0.1, 0.15) is 52.7 Å². The molecule has 0 aliphatic carbocycles. The first-order chi connectivity index (χ1) is 9.17. The highest BCUT2D eigenvalue weighted by molar-refractivity contribution is 5.41. The van der Waals surface area contributed by atoms with Gasteiger partial charge < -0.3 is 10.1 Å². The number of hydrogen-bond acceptors (Lipinski definition) is 2. The second-order valence-electron chi connectivity index (χ2n) is 7.88. The summed E-state index contributed by atoms with van der Waals surface area (Å²) in [6.07, 6.45) is 1.01. The number of benzene rings is 1. The first-order valence-corrected chi connectivity index (χ1v) is 7.69. The number of hydrogen-bond donors (Lipinski definition) is 1. The molecule has 0 bridgehead atoms. The van der Waals surface area contributed by atoms with E-state index in [1.807, 2.05) is 0 Å². The molecule has 0 saturated heterocycles. The van der Waals surface area contributed by atoms with Gasteiger partial charge in [0, 0.05) is 13.0 Å². The van der Waals surface area contributed by atoms with Crippen LogP contribution < -0.4 is 10.1 Å². The summed E-state index contributed by atoms with van der Waals surface area (Å²) in [5.74, 6) is 1.72. The van der Waals surface area contributed by atoms with Crippen LogP contribution in [0.15, 0.2) is 18.2 Å². The van der Waals surface area contributed by atoms with Crippen molar-refractivity contribution >= 4 is 0 Å². The van der Waals surface area contributed by atoms with Crippen LogP contribution in [0.2, 0.25) is 0 Å². The number of fused-ring (bicyclic) bond motifs is 1. The van der Waals surface area contributed by atoms with Crippen LogP contribution in [0.5, 0.6) is 5.75 Å². The normalized spacial score (nSPS) is 18.5. The molecule has 112 valence electrons. The molecule has 1 atom stereocenters. The van der Waals surface area contributed by atoms with Gasteiger partial charge in [-0.15, -0.1) is 0 Å². The molecule has 0 aromatic heterocycles. The largest absolute Gasteiger partial charge is 0.487 e. The smallest absolute Gasteiger partial charge is 0.123 e. The van der Waals surface area contributed by atoms with Crippen LogP contribution in [0.25, 0.3) is 0 Å². The molecule has 0 radical (unpaired) electrons. The summed E-state index contributed by atoms with van der Waals surface area (Å²) in [7, 11) is 0. The SMILES string of the molecule is CC(CNCc1ccc2c(c1)CC(C)(C)O2)C(C)(C)C. The maximum Gasteiger partial charge on any atom is 0.123 e. The van der Waals surface area contributed by atoms with E-state index in [0.717, 1.165) is 25.3 Å². The van der Waals surface area contributed by atoms with Crippen LogP contribution in [0.4, 0.5) is 0 Å². The van der Waals surface area contributed by atoms with E-state index in [0.29, 0.717) is 11.3 Å². The summed E-state index contributed by atoms with van der Waals surface area (Å²) in [6, 6.07) is 6.59. The van der Waals surface area contributed by atoms with E-state index in [2.05, 4.69) is 65.1 Å². The van der Waals surface area contributed by atoms with Crippen LogP contribution in [-0.4, -0.2) is 12.1 Å². The molecule has 0 fully saturated rings. The molecule has 0 spiro atoms. The summed E-state index contributed by atoms with van der Waals surface area (Å²) >= 11 is 0. The lowest BCUT2D eigenvalue weighted by Crippen LogP contribution is -2.29. The van der Waals surface area contributed by atoms with Crippen LogP contribution in [0.3, 0.4) is 0 Å². The lowest BCUT2D eigenvalue weighted by Gasteiger charge is -2.27. The maximum atomic E-state index is 5.92. The van der Waals surface area contributed by atoms with Crippen molar-refractivity contribution in [3.63, 3.8) is 0 Å². The van der Waals surface area contributed by atoms with Gasteiger partial charge in [-0.05, 0) is 48.9 Å². The molecule has 2 heteroatoms. The Hall–Kier alpha value is -1.02.